The second kappa shape index (κ2) is 4.47. The van der Waals surface area contributed by atoms with E-state index in [0.29, 0.717) is 17.7 Å². The van der Waals surface area contributed by atoms with Crippen molar-refractivity contribution in [1.29, 1.82) is 0 Å². The van der Waals surface area contributed by atoms with Gasteiger partial charge in [0.1, 0.15) is 0 Å². The van der Waals surface area contributed by atoms with Crippen molar-refractivity contribution in [3.63, 3.8) is 0 Å². The van der Waals surface area contributed by atoms with E-state index in [1.165, 1.54) is 19.3 Å². The first-order chi connectivity index (χ1) is 7.28. The van der Waals surface area contributed by atoms with Crippen LogP contribution in [0.15, 0.2) is 12.4 Å². The van der Waals surface area contributed by atoms with Gasteiger partial charge in [-0.3, -0.25) is 0 Å². The number of hydrogen-bond acceptors (Lipinski definition) is 4. The van der Waals surface area contributed by atoms with Gasteiger partial charge in [0.05, 0.1) is 19.5 Å². The molecule has 4 nitrogen and oxygen atoms in total. The molecular formula is C11H17N3O. The number of ether oxygens (including phenoxy) is 1. The predicted molar refractivity (Wildman–Crippen MR) is 59.0 cm³/mol. The highest BCUT2D eigenvalue weighted by atomic mass is 16.5. The molecule has 15 heavy (non-hydrogen) atoms. The molecule has 1 aliphatic carbocycles. The summed E-state index contributed by atoms with van der Waals surface area (Å²) in [4.78, 5) is 8.34. The van der Waals surface area contributed by atoms with Crippen molar-refractivity contribution in [3.05, 3.63) is 12.4 Å². The minimum absolute atomic E-state index is 0.450. The Balaban J connectivity index is 1.85. The largest absolute Gasteiger partial charge is 0.494 e. The van der Waals surface area contributed by atoms with Gasteiger partial charge in [-0.1, -0.05) is 12.8 Å². The standard InChI is InChI=1S/C11H17N3O/c1-8(5-9-3-4-9)14-11-12-6-10(15-2)7-13-11/h6-9H,3-5H2,1-2H3,(H,12,13,14). The highest BCUT2D eigenvalue weighted by molar-refractivity contribution is 5.28. The zero-order valence-corrected chi connectivity index (χ0v) is 9.23. The number of rotatable bonds is 5. The third-order valence-electron chi connectivity index (χ3n) is 2.62. The number of aromatic nitrogens is 2. The maximum absolute atomic E-state index is 5.00. The third kappa shape index (κ3) is 3.08. The molecule has 1 aromatic rings. The van der Waals surface area contributed by atoms with Gasteiger partial charge in [0.15, 0.2) is 5.75 Å². The first kappa shape index (κ1) is 10.2. The summed E-state index contributed by atoms with van der Waals surface area (Å²) in [6.45, 7) is 2.17. The van der Waals surface area contributed by atoms with E-state index in [4.69, 9.17) is 4.74 Å². The Kier molecular flexibility index (Phi) is 3.04. The van der Waals surface area contributed by atoms with Crippen LogP contribution in [-0.2, 0) is 0 Å². The third-order valence-corrected chi connectivity index (χ3v) is 2.62. The van der Waals surface area contributed by atoms with Crippen LogP contribution in [0.2, 0.25) is 0 Å². The van der Waals surface area contributed by atoms with Crippen LogP contribution in [0.1, 0.15) is 26.2 Å². The van der Waals surface area contributed by atoms with Gasteiger partial charge < -0.3 is 10.1 Å². The predicted octanol–water partition coefficient (Wildman–Crippen LogP) is 2.09. The van der Waals surface area contributed by atoms with Crippen LogP contribution < -0.4 is 10.1 Å². The second-order valence-electron chi connectivity index (χ2n) is 4.17. The van der Waals surface area contributed by atoms with Crippen LogP contribution in [0, 0.1) is 5.92 Å². The Bertz CT molecular complexity index is 308. The van der Waals surface area contributed by atoms with Crippen molar-refractivity contribution in [2.24, 2.45) is 5.92 Å². The van der Waals surface area contributed by atoms with E-state index < -0.39 is 0 Å². The van der Waals surface area contributed by atoms with Gasteiger partial charge in [0.2, 0.25) is 5.95 Å². The molecule has 1 aromatic heterocycles. The van der Waals surface area contributed by atoms with Crippen LogP contribution in [0.3, 0.4) is 0 Å². The summed E-state index contributed by atoms with van der Waals surface area (Å²) in [5.74, 6) is 2.30. The first-order valence-corrected chi connectivity index (χ1v) is 5.40. The molecule has 82 valence electrons. The summed E-state index contributed by atoms with van der Waals surface area (Å²) < 4.78 is 5.00. The number of nitrogens with one attached hydrogen (secondary N) is 1. The molecular weight excluding hydrogens is 190 g/mol. The minimum atomic E-state index is 0.450. The number of anilines is 1. The maximum Gasteiger partial charge on any atom is 0.223 e. The van der Waals surface area contributed by atoms with Crippen LogP contribution in [0.4, 0.5) is 5.95 Å². The van der Waals surface area contributed by atoms with E-state index in [1.807, 2.05) is 0 Å². The molecule has 0 radical (unpaired) electrons. The Morgan fingerprint density at radius 2 is 2.13 bits per heavy atom. The Hall–Kier alpha value is -1.32. The van der Waals surface area contributed by atoms with E-state index in [-0.39, 0.29) is 0 Å². The number of methoxy groups -OCH3 is 1. The summed E-state index contributed by atoms with van der Waals surface area (Å²) in [5, 5.41) is 3.29. The fraction of sp³-hybridized carbons (Fsp3) is 0.636. The van der Waals surface area contributed by atoms with Gasteiger partial charge in [-0.2, -0.15) is 0 Å². The first-order valence-electron chi connectivity index (χ1n) is 5.40. The zero-order chi connectivity index (χ0) is 10.7. The number of hydrogen-bond donors (Lipinski definition) is 1. The fourth-order valence-corrected chi connectivity index (χ4v) is 1.63. The topological polar surface area (TPSA) is 47.0 Å². The Morgan fingerprint density at radius 3 is 2.67 bits per heavy atom. The second-order valence-corrected chi connectivity index (χ2v) is 4.17. The average Bonchev–Trinajstić information content (AvgIpc) is 3.03. The van der Waals surface area contributed by atoms with Gasteiger partial charge in [0.25, 0.3) is 0 Å². The molecule has 1 atom stereocenters. The van der Waals surface area contributed by atoms with Gasteiger partial charge in [-0.05, 0) is 19.3 Å². The summed E-state index contributed by atoms with van der Waals surface area (Å²) in [6, 6.07) is 0.450. The van der Waals surface area contributed by atoms with E-state index in [1.54, 1.807) is 19.5 Å². The summed E-state index contributed by atoms with van der Waals surface area (Å²) in [5.41, 5.74) is 0. The average molecular weight is 207 g/mol. The molecule has 1 N–H and O–H groups in total. The van der Waals surface area contributed by atoms with Crippen molar-refractivity contribution < 1.29 is 4.74 Å². The molecule has 0 aromatic carbocycles. The van der Waals surface area contributed by atoms with Crippen molar-refractivity contribution >= 4 is 5.95 Å². The van der Waals surface area contributed by atoms with Crippen LogP contribution in [0.25, 0.3) is 0 Å². The van der Waals surface area contributed by atoms with Crippen molar-refractivity contribution in [1.82, 2.24) is 9.97 Å². The smallest absolute Gasteiger partial charge is 0.223 e. The molecule has 2 rings (SSSR count). The quantitative estimate of drug-likeness (QED) is 0.803. The van der Waals surface area contributed by atoms with Gasteiger partial charge >= 0.3 is 0 Å². The highest BCUT2D eigenvalue weighted by Gasteiger charge is 2.23. The van der Waals surface area contributed by atoms with E-state index in [2.05, 4.69) is 22.2 Å². The molecule has 0 amide bonds. The van der Waals surface area contributed by atoms with Crippen molar-refractivity contribution in [2.75, 3.05) is 12.4 Å². The summed E-state index contributed by atoms with van der Waals surface area (Å²) in [6.07, 6.45) is 7.35. The number of nitrogens with zero attached hydrogens (tertiary/aromatic N) is 2. The summed E-state index contributed by atoms with van der Waals surface area (Å²) in [7, 11) is 1.61. The monoisotopic (exact) mass is 207 g/mol. The van der Waals surface area contributed by atoms with E-state index >= 15 is 0 Å². The molecule has 0 bridgehead atoms. The lowest BCUT2D eigenvalue weighted by atomic mass is 10.2. The van der Waals surface area contributed by atoms with E-state index in [0.717, 1.165) is 5.92 Å². The molecule has 1 aliphatic rings. The lowest BCUT2D eigenvalue weighted by molar-refractivity contribution is 0.411. The van der Waals surface area contributed by atoms with Crippen LogP contribution >= 0.6 is 0 Å². The molecule has 0 aliphatic heterocycles. The van der Waals surface area contributed by atoms with Crippen LogP contribution in [0.5, 0.6) is 5.75 Å². The molecule has 0 spiro atoms. The lowest BCUT2D eigenvalue weighted by Gasteiger charge is -2.12. The molecule has 1 saturated carbocycles. The fourth-order valence-electron chi connectivity index (χ4n) is 1.63. The lowest BCUT2D eigenvalue weighted by Crippen LogP contribution is -2.17. The van der Waals surface area contributed by atoms with Crippen molar-refractivity contribution in [2.45, 2.75) is 32.2 Å². The molecule has 4 heteroatoms. The zero-order valence-electron chi connectivity index (χ0n) is 9.23. The minimum Gasteiger partial charge on any atom is -0.494 e. The van der Waals surface area contributed by atoms with Gasteiger partial charge in [0, 0.05) is 6.04 Å². The highest BCUT2D eigenvalue weighted by Crippen LogP contribution is 2.33. The molecule has 1 unspecified atom stereocenters. The molecule has 1 fully saturated rings. The summed E-state index contributed by atoms with van der Waals surface area (Å²) >= 11 is 0. The van der Waals surface area contributed by atoms with Crippen molar-refractivity contribution in [3.8, 4) is 5.75 Å². The van der Waals surface area contributed by atoms with Gasteiger partial charge in [-0.15, -0.1) is 0 Å². The van der Waals surface area contributed by atoms with E-state index in [9.17, 15) is 0 Å². The maximum atomic E-state index is 5.00. The molecule has 0 saturated heterocycles. The normalized spacial score (nSPS) is 17.2. The SMILES string of the molecule is COc1cnc(NC(C)CC2CC2)nc1. The molecule has 1 heterocycles. The van der Waals surface area contributed by atoms with Gasteiger partial charge in [-0.25, -0.2) is 9.97 Å². The Morgan fingerprint density at radius 1 is 1.47 bits per heavy atom. The van der Waals surface area contributed by atoms with Crippen LogP contribution in [-0.4, -0.2) is 23.1 Å². The Labute approximate surface area is 90.1 Å².